The molecule has 0 aliphatic carbocycles. The van der Waals surface area contributed by atoms with Gasteiger partial charge in [-0.3, -0.25) is 0 Å². The van der Waals surface area contributed by atoms with E-state index in [9.17, 15) is 5.11 Å². The van der Waals surface area contributed by atoms with Gasteiger partial charge in [-0.15, -0.1) is 0 Å². The van der Waals surface area contributed by atoms with E-state index >= 15 is 0 Å². The van der Waals surface area contributed by atoms with Gasteiger partial charge >= 0.3 is 0 Å². The fourth-order valence-electron chi connectivity index (χ4n) is 2.06. The smallest absolute Gasteiger partial charge is 0.0718 e. The first-order valence-corrected chi connectivity index (χ1v) is 6.41. The van der Waals surface area contributed by atoms with Crippen LogP contribution in [0, 0.1) is 0 Å². The van der Waals surface area contributed by atoms with Crippen LogP contribution >= 0.6 is 0 Å². The van der Waals surface area contributed by atoms with E-state index in [2.05, 4.69) is 18.7 Å². The van der Waals surface area contributed by atoms with Crippen molar-refractivity contribution < 1.29 is 9.84 Å². The van der Waals surface area contributed by atoms with E-state index in [1.165, 1.54) is 12.8 Å². The van der Waals surface area contributed by atoms with Crippen LogP contribution in [0.1, 0.15) is 46.0 Å². The van der Waals surface area contributed by atoms with E-state index in [-0.39, 0.29) is 11.6 Å². The van der Waals surface area contributed by atoms with Crippen LogP contribution < -0.4 is 0 Å². The zero-order valence-corrected chi connectivity index (χ0v) is 11.2. The number of likely N-dealkylation sites (N-methyl/N-ethyl adjacent to an activating group) is 1. The quantitative estimate of drug-likeness (QED) is 0.756. The van der Waals surface area contributed by atoms with Crippen LogP contribution in [0.4, 0.5) is 0 Å². The number of nitrogens with zero attached hydrogens (tertiary/aromatic N) is 1. The molecule has 3 heteroatoms. The zero-order chi connectivity index (χ0) is 12.2. The lowest BCUT2D eigenvalue weighted by Gasteiger charge is -2.37. The van der Waals surface area contributed by atoms with Crippen LogP contribution in [-0.4, -0.2) is 48.5 Å². The fraction of sp³-hybridized carbons (Fsp3) is 1.00. The number of hydrogen-bond donors (Lipinski definition) is 1. The summed E-state index contributed by atoms with van der Waals surface area (Å²) < 4.78 is 5.58. The highest BCUT2D eigenvalue weighted by molar-refractivity contribution is 4.85. The van der Waals surface area contributed by atoms with Crippen molar-refractivity contribution in [3.8, 4) is 0 Å². The van der Waals surface area contributed by atoms with E-state index in [4.69, 9.17) is 4.74 Å². The van der Waals surface area contributed by atoms with Crippen molar-refractivity contribution in [2.75, 3.05) is 20.7 Å². The first-order chi connectivity index (χ1) is 7.44. The molecule has 0 bridgehead atoms. The molecule has 0 radical (unpaired) electrons. The molecule has 0 amide bonds. The molecule has 1 heterocycles. The Morgan fingerprint density at radius 1 is 1.44 bits per heavy atom. The molecular weight excluding hydrogens is 202 g/mol. The van der Waals surface area contributed by atoms with Crippen molar-refractivity contribution in [3.63, 3.8) is 0 Å². The Kier molecular flexibility index (Phi) is 5.22. The summed E-state index contributed by atoms with van der Waals surface area (Å²) in [6.07, 6.45) is 5.62. The maximum Gasteiger partial charge on any atom is 0.0718 e. The van der Waals surface area contributed by atoms with Gasteiger partial charge in [-0.1, -0.05) is 0 Å². The second-order valence-electron chi connectivity index (χ2n) is 5.63. The molecule has 0 aromatic carbocycles. The summed E-state index contributed by atoms with van der Waals surface area (Å²) in [6, 6.07) is 0. The molecular formula is C13H27NO2. The van der Waals surface area contributed by atoms with Crippen molar-refractivity contribution in [2.24, 2.45) is 0 Å². The van der Waals surface area contributed by atoms with E-state index in [1.54, 1.807) is 0 Å². The molecule has 3 nitrogen and oxygen atoms in total. The largest absolute Gasteiger partial charge is 0.391 e. The van der Waals surface area contributed by atoms with Crippen molar-refractivity contribution >= 4 is 0 Å². The lowest BCUT2D eigenvalue weighted by molar-refractivity contribution is 0.00796. The van der Waals surface area contributed by atoms with Gasteiger partial charge in [0.2, 0.25) is 0 Å². The third-order valence-corrected chi connectivity index (χ3v) is 4.00. The second kappa shape index (κ2) is 5.99. The maximum atomic E-state index is 10.1. The molecule has 0 spiro atoms. The first-order valence-electron chi connectivity index (χ1n) is 6.41. The van der Waals surface area contributed by atoms with Gasteiger partial charge in [0, 0.05) is 12.1 Å². The average molecular weight is 229 g/mol. The summed E-state index contributed by atoms with van der Waals surface area (Å²) in [5.41, 5.74) is -0.142. The van der Waals surface area contributed by atoms with Crippen molar-refractivity contribution in [2.45, 2.75) is 63.7 Å². The summed E-state index contributed by atoms with van der Waals surface area (Å²) in [4.78, 5) is 2.09. The van der Waals surface area contributed by atoms with E-state index in [0.717, 1.165) is 25.9 Å². The second-order valence-corrected chi connectivity index (χ2v) is 5.63. The van der Waals surface area contributed by atoms with Crippen LogP contribution in [0.15, 0.2) is 0 Å². The summed E-state index contributed by atoms with van der Waals surface area (Å²) in [6.45, 7) is 5.10. The standard InChI is InChI=1S/C13H27NO2/c1-13(2,14(3)4)12(15)9-5-7-11-8-6-10-16-11/h11-12,15H,5-10H2,1-4H3. The van der Waals surface area contributed by atoms with Crippen LogP contribution in [0.5, 0.6) is 0 Å². The van der Waals surface area contributed by atoms with Crippen LogP contribution in [0.3, 0.4) is 0 Å². The van der Waals surface area contributed by atoms with Gasteiger partial charge in [-0.25, -0.2) is 0 Å². The Hall–Kier alpha value is -0.120. The van der Waals surface area contributed by atoms with Crippen molar-refractivity contribution in [1.29, 1.82) is 0 Å². The van der Waals surface area contributed by atoms with E-state index < -0.39 is 0 Å². The van der Waals surface area contributed by atoms with Crippen LogP contribution in [0.2, 0.25) is 0 Å². The lowest BCUT2D eigenvalue weighted by atomic mass is 9.91. The normalized spacial score (nSPS) is 24.0. The van der Waals surface area contributed by atoms with Gasteiger partial charge < -0.3 is 14.7 Å². The summed E-state index contributed by atoms with van der Waals surface area (Å²) in [5, 5.41) is 10.1. The van der Waals surface area contributed by atoms with Gasteiger partial charge in [-0.05, 0) is 60.0 Å². The highest BCUT2D eigenvalue weighted by Crippen LogP contribution is 2.23. The monoisotopic (exact) mass is 229 g/mol. The van der Waals surface area contributed by atoms with Gasteiger partial charge in [0.15, 0.2) is 0 Å². The summed E-state index contributed by atoms with van der Waals surface area (Å²) >= 11 is 0. The van der Waals surface area contributed by atoms with Crippen LogP contribution in [-0.2, 0) is 4.74 Å². The summed E-state index contributed by atoms with van der Waals surface area (Å²) in [5.74, 6) is 0. The first kappa shape index (κ1) is 13.9. The maximum absolute atomic E-state index is 10.1. The molecule has 1 aliphatic rings. The lowest BCUT2D eigenvalue weighted by Crippen LogP contribution is -2.48. The fourth-order valence-corrected chi connectivity index (χ4v) is 2.06. The van der Waals surface area contributed by atoms with Crippen molar-refractivity contribution in [1.82, 2.24) is 4.90 Å². The molecule has 2 unspecified atom stereocenters. The highest BCUT2D eigenvalue weighted by Gasteiger charge is 2.29. The topological polar surface area (TPSA) is 32.7 Å². The molecule has 0 aromatic heterocycles. The SMILES string of the molecule is CN(C)C(C)(C)C(O)CCCC1CCCO1. The number of hydrogen-bond acceptors (Lipinski definition) is 3. The third kappa shape index (κ3) is 3.72. The molecule has 16 heavy (non-hydrogen) atoms. The van der Waals surface area contributed by atoms with Gasteiger partial charge in [-0.2, -0.15) is 0 Å². The minimum atomic E-state index is -0.260. The minimum Gasteiger partial charge on any atom is -0.391 e. The third-order valence-electron chi connectivity index (χ3n) is 4.00. The summed E-state index contributed by atoms with van der Waals surface area (Å²) in [7, 11) is 4.03. The Bertz CT molecular complexity index is 198. The van der Waals surface area contributed by atoms with Gasteiger partial charge in [0.25, 0.3) is 0 Å². The van der Waals surface area contributed by atoms with Gasteiger partial charge in [0.1, 0.15) is 0 Å². The Morgan fingerprint density at radius 3 is 2.62 bits per heavy atom. The molecule has 96 valence electrons. The number of aliphatic hydroxyl groups is 1. The minimum absolute atomic E-state index is 0.142. The van der Waals surface area contributed by atoms with Crippen LogP contribution in [0.25, 0.3) is 0 Å². The Labute approximate surface area is 99.8 Å². The number of ether oxygens (including phenoxy) is 1. The molecule has 1 saturated heterocycles. The highest BCUT2D eigenvalue weighted by atomic mass is 16.5. The molecule has 0 aromatic rings. The Morgan fingerprint density at radius 2 is 2.12 bits per heavy atom. The molecule has 1 aliphatic heterocycles. The molecule has 0 saturated carbocycles. The molecule has 1 rings (SSSR count). The average Bonchev–Trinajstić information content (AvgIpc) is 2.70. The molecule has 2 atom stereocenters. The van der Waals surface area contributed by atoms with E-state index in [0.29, 0.717) is 6.10 Å². The number of aliphatic hydroxyl groups excluding tert-OH is 1. The predicted molar refractivity (Wildman–Crippen MR) is 66.6 cm³/mol. The zero-order valence-electron chi connectivity index (χ0n) is 11.2. The predicted octanol–water partition coefficient (Wildman–Crippen LogP) is 2.04. The van der Waals surface area contributed by atoms with E-state index in [1.807, 2.05) is 14.1 Å². The Balaban J connectivity index is 2.21. The van der Waals surface area contributed by atoms with Gasteiger partial charge in [0.05, 0.1) is 12.2 Å². The molecule has 1 N–H and O–H groups in total. The molecule has 1 fully saturated rings. The van der Waals surface area contributed by atoms with Crippen molar-refractivity contribution in [3.05, 3.63) is 0 Å². The number of rotatable bonds is 6.